The Balaban J connectivity index is 1.44. The first-order chi connectivity index (χ1) is 14.2. The first-order valence-electron chi connectivity index (χ1n) is 9.83. The molecule has 0 radical (unpaired) electrons. The lowest BCUT2D eigenvalue weighted by atomic mass is 10.1. The van der Waals surface area contributed by atoms with Crippen LogP contribution in [0.4, 0.5) is 0 Å². The van der Waals surface area contributed by atoms with Gasteiger partial charge in [-0.1, -0.05) is 35.9 Å². The number of hydrogen-bond donors (Lipinski definition) is 2. The summed E-state index contributed by atoms with van der Waals surface area (Å²) in [6.45, 7) is 5.59. The van der Waals surface area contributed by atoms with E-state index in [0.717, 1.165) is 29.9 Å². The van der Waals surface area contributed by atoms with Gasteiger partial charge in [0.2, 0.25) is 0 Å². The van der Waals surface area contributed by atoms with E-state index in [0.29, 0.717) is 25.5 Å². The molecule has 2 aromatic heterocycles. The molecule has 1 saturated heterocycles. The van der Waals surface area contributed by atoms with Gasteiger partial charge in [0.15, 0.2) is 0 Å². The Labute approximate surface area is 170 Å². The second-order valence-electron chi connectivity index (χ2n) is 7.19. The van der Waals surface area contributed by atoms with Gasteiger partial charge in [0.05, 0.1) is 24.9 Å². The van der Waals surface area contributed by atoms with Crippen LogP contribution in [0.15, 0.2) is 54.9 Å². The molecule has 0 saturated carbocycles. The third-order valence-corrected chi connectivity index (χ3v) is 5.18. The third-order valence-electron chi connectivity index (χ3n) is 5.18. The Hall–Kier alpha value is -3.03. The molecule has 0 aliphatic carbocycles. The van der Waals surface area contributed by atoms with Gasteiger partial charge in [-0.3, -0.25) is 19.8 Å². The summed E-state index contributed by atoms with van der Waals surface area (Å²) in [6.07, 6.45) is 3.62. The normalized spacial score (nSPS) is 15.8. The van der Waals surface area contributed by atoms with Crippen molar-refractivity contribution < 1.29 is 9.53 Å². The molecule has 1 amide bonds. The van der Waals surface area contributed by atoms with Crippen molar-refractivity contribution in [3.63, 3.8) is 0 Å². The lowest BCUT2D eigenvalue weighted by Crippen LogP contribution is -2.43. The highest BCUT2D eigenvalue weighted by Gasteiger charge is 2.24. The molecule has 7 heteroatoms. The van der Waals surface area contributed by atoms with E-state index in [-0.39, 0.29) is 11.9 Å². The molecular formula is C22H25N5O2. The van der Waals surface area contributed by atoms with Crippen LogP contribution in [0.5, 0.6) is 0 Å². The summed E-state index contributed by atoms with van der Waals surface area (Å²) in [5.41, 5.74) is 4.46. The van der Waals surface area contributed by atoms with E-state index in [2.05, 4.69) is 25.4 Å². The van der Waals surface area contributed by atoms with Crippen LogP contribution >= 0.6 is 0 Å². The Morgan fingerprint density at radius 2 is 2.03 bits per heavy atom. The van der Waals surface area contributed by atoms with Crippen molar-refractivity contribution in [3.8, 4) is 11.3 Å². The fourth-order valence-corrected chi connectivity index (χ4v) is 3.51. The monoisotopic (exact) mass is 391 g/mol. The van der Waals surface area contributed by atoms with Gasteiger partial charge < -0.3 is 10.1 Å². The van der Waals surface area contributed by atoms with Crippen LogP contribution in [0.2, 0.25) is 0 Å². The molecule has 4 rings (SSSR count). The number of carbonyl (C=O) groups excluding carboxylic acids is 1. The number of amides is 1. The number of aromatic nitrogens is 3. The summed E-state index contributed by atoms with van der Waals surface area (Å²) in [5.74, 6) is -0.169. The largest absolute Gasteiger partial charge is 0.379 e. The average Bonchev–Trinajstić information content (AvgIpc) is 3.26. The van der Waals surface area contributed by atoms with E-state index in [9.17, 15) is 4.79 Å². The lowest BCUT2D eigenvalue weighted by molar-refractivity contribution is 0.0161. The second kappa shape index (κ2) is 8.98. The predicted molar refractivity (Wildman–Crippen MR) is 110 cm³/mol. The molecule has 3 aromatic rings. The number of ether oxygens (including phenoxy) is 1. The standard InChI is InChI=1S/C22H25N5O2/c1-16-4-6-17(7-5-16)19-13-20(26-25-19)22(28)24-15-21(18-3-2-8-23-14-18)27-9-11-29-12-10-27/h2-8,13-14,21H,9-12,15H2,1H3,(H,24,28)(H,25,26). The minimum atomic E-state index is -0.169. The van der Waals surface area contributed by atoms with Crippen molar-refractivity contribution in [2.45, 2.75) is 13.0 Å². The summed E-state index contributed by atoms with van der Waals surface area (Å²) < 4.78 is 5.47. The number of pyridine rings is 1. The maximum atomic E-state index is 12.7. The van der Waals surface area contributed by atoms with E-state index in [1.165, 1.54) is 5.56 Å². The van der Waals surface area contributed by atoms with Crippen LogP contribution in [0.25, 0.3) is 11.3 Å². The van der Waals surface area contributed by atoms with Crippen molar-refractivity contribution in [3.05, 3.63) is 71.7 Å². The van der Waals surface area contributed by atoms with Crippen LogP contribution in [0.3, 0.4) is 0 Å². The van der Waals surface area contributed by atoms with Crippen LogP contribution in [-0.2, 0) is 4.74 Å². The number of nitrogens with zero attached hydrogens (tertiary/aromatic N) is 3. The highest BCUT2D eigenvalue weighted by atomic mass is 16.5. The smallest absolute Gasteiger partial charge is 0.269 e. The van der Waals surface area contributed by atoms with Gasteiger partial charge in [0, 0.05) is 37.6 Å². The third kappa shape index (κ3) is 4.70. The SMILES string of the molecule is Cc1ccc(-c2cc(C(=O)NCC(c3cccnc3)N3CCOCC3)[nH]n2)cc1. The lowest BCUT2D eigenvalue weighted by Gasteiger charge is -2.34. The maximum absolute atomic E-state index is 12.7. The fraction of sp³-hybridized carbons (Fsp3) is 0.318. The molecule has 1 atom stereocenters. The average molecular weight is 391 g/mol. The van der Waals surface area contributed by atoms with Gasteiger partial charge >= 0.3 is 0 Å². The molecular weight excluding hydrogens is 366 g/mol. The van der Waals surface area contributed by atoms with E-state index in [4.69, 9.17) is 4.74 Å². The molecule has 1 aliphatic heterocycles. The predicted octanol–water partition coefficient (Wildman–Crippen LogP) is 2.58. The molecule has 7 nitrogen and oxygen atoms in total. The number of aryl methyl sites for hydroxylation is 1. The van der Waals surface area contributed by atoms with Gasteiger partial charge in [-0.15, -0.1) is 0 Å². The number of benzene rings is 1. The van der Waals surface area contributed by atoms with Crippen molar-refractivity contribution in [2.24, 2.45) is 0 Å². The number of nitrogens with one attached hydrogen (secondary N) is 2. The highest BCUT2D eigenvalue weighted by Crippen LogP contribution is 2.21. The van der Waals surface area contributed by atoms with Crippen LogP contribution in [-0.4, -0.2) is 58.8 Å². The summed E-state index contributed by atoms with van der Waals surface area (Å²) in [6, 6.07) is 13.9. The Morgan fingerprint density at radius 1 is 1.24 bits per heavy atom. The zero-order chi connectivity index (χ0) is 20.1. The molecule has 1 aliphatic rings. The van der Waals surface area contributed by atoms with Gasteiger partial charge in [-0.05, 0) is 24.6 Å². The summed E-state index contributed by atoms with van der Waals surface area (Å²) in [5, 5.41) is 10.2. The van der Waals surface area contributed by atoms with Gasteiger partial charge in [-0.25, -0.2) is 0 Å². The van der Waals surface area contributed by atoms with Crippen LogP contribution < -0.4 is 5.32 Å². The quantitative estimate of drug-likeness (QED) is 0.675. The molecule has 2 N–H and O–H groups in total. The van der Waals surface area contributed by atoms with Crippen molar-refractivity contribution >= 4 is 5.91 Å². The van der Waals surface area contributed by atoms with Crippen molar-refractivity contribution in [1.29, 1.82) is 0 Å². The summed E-state index contributed by atoms with van der Waals surface area (Å²) >= 11 is 0. The Morgan fingerprint density at radius 3 is 2.76 bits per heavy atom. The zero-order valence-corrected chi connectivity index (χ0v) is 16.5. The van der Waals surface area contributed by atoms with Crippen molar-refractivity contribution in [2.75, 3.05) is 32.8 Å². The number of hydrogen-bond acceptors (Lipinski definition) is 5. The first-order valence-corrected chi connectivity index (χ1v) is 9.83. The van der Waals surface area contributed by atoms with Crippen LogP contribution in [0.1, 0.15) is 27.7 Å². The molecule has 0 spiro atoms. The maximum Gasteiger partial charge on any atom is 0.269 e. The molecule has 150 valence electrons. The number of carbonyl (C=O) groups is 1. The molecule has 3 heterocycles. The molecule has 0 bridgehead atoms. The van der Waals surface area contributed by atoms with Gasteiger partial charge in [-0.2, -0.15) is 5.10 Å². The minimum absolute atomic E-state index is 0.0519. The van der Waals surface area contributed by atoms with Gasteiger partial charge in [0.25, 0.3) is 5.91 Å². The minimum Gasteiger partial charge on any atom is -0.379 e. The topological polar surface area (TPSA) is 83.1 Å². The second-order valence-corrected chi connectivity index (χ2v) is 7.19. The Kier molecular flexibility index (Phi) is 5.97. The number of rotatable bonds is 6. The number of aromatic amines is 1. The Bertz CT molecular complexity index is 933. The van der Waals surface area contributed by atoms with E-state index in [1.54, 1.807) is 12.3 Å². The van der Waals surface area contributed by atoms with E-state index >= 15 is 0 Å². The number of morpholine rings is 1. The highest BCUT2D eigenvalue weighted by molar-refractivity contribution is 5.93. The molecule has 29 heavy (non-hydrogen) atoms. The van der Waals surface area contributed by atoms with Crippen LogP contribution in [0, 0.1) is 6.92 Å². The molecule has 1 aromatic carbocycles. The van der Waals surface area contributed by atoms with Crippen molar-refractivity contribution in [1.82, 2.24) is 25.4 Å². The van der Waals surface area contributed by atoms with E-state index in [1.807, 2.05) is 49.5 Å². The molecule has 1 fully saturated rings. The number of H-pyrrole nitrogens is 1. The summed E-state index contributed by atoms with van der Waals surface area (Å²) in [7, 11) is 0. The summed E-state index contributed by atoms with van der Waals surface area (Å²) in [4.78, 5) is 19.3. The zero-order valence-electron chi connectivity index (χ0n) is 16.5. The first kappa shape index (κ1) is 19.3. The van der Waals surface area contributed by atoms with Gasteiger partial charge in [0.1, 0.15) is 5.69 Å². The fourth-order valence-electron chi connectivity index (χ4n) is 3.51. The molecule has 1 unspecified atom stereocenters. The van der Waals surface area contributed by atoms with E-state index < -0.39 is 0 Å².